The number of ether oxygens (including phenoxy) is 1. The summed E-state index contributed by atoms with van der Waals surface area (Å²) in [5.41, 5.74) is 1.32. The highest BCUT2D eigenvalue weighted by molar-refractivity contribution is 7.80. The minimum atomic E-state index is 0.126. The minimum Gasteiger partial charge on any atom is -0.493 e. The number of thiol groups is 2. The zero-order valence-electron chi connectivity index (χ0n) is 18.1. The predicted octanol–water partition coefficient (Wildman–Crippen LogP) is 5.51. The molecule has 0 aliphatic carbocycles. The van der Waals surface area contributed by atoms with E-state index < -0.39 is 0 Å². The molecule has 0 aliphatic heterocycles. The summed E-state index contributed by atoms with van der Waals surface area (Å²) in [6, 6.07) is 8.35. The lowest BCUT2D eigenvalue weighted by atomic mass is 9.95. The van der Waals surface area contributed by atoms with Crippen LogP contribution in [0, 0.1) is 0 Å². The van der Waals surface area contributed by atoms with Crippen molar-refractivity contribution in [2.45, 2.75) is 59.3 Å². The number of nitrogens with two attached hydrogens (primary N) is 1. The Labute approximate surface area is 183 Å². The number of unbranched alkanes of at least 4 members (excludes halogenated alkanes) is 2. The van der Waals surface area contributed by atoms with E-state index in [9.17, 15) is 4.79 Å². The van der Waals surface area contributed by atoms with Crippen molar-refractivity contribution in [2.75, 3.05) is 25.4 Å². The first-order valence-electron chi connectivity index (χ1n) is 10.0. The molecule has 0 bridgehead atoms. The molecule has 1 atom stereocenters. The number of hydrogen-bond donors (Lipinski definition) is 3. The van der Waals surface area contributed by atoms with Gasteiger partial charge in [-0.05, 0) is 36.5 Å². The van der Waals surface area contributed by atoms with Crippen molar-refractivity contribution in [3.05, 3.63) is 42.5 Å². The lowest BCUT2D eigenvalue weighted by molar-refractivity contribution is -0.128. The molecule has 0 aromatic heterocycles. The maximum atomic E-state index is 11.5. The van der Waals surface area contributed by atoms with E-state index in [1.807, 2.05) is 24.8 Å². The fourth-order valence-corrected chi connectivity index (χ4v) is 2.80. The van der Waals surface area contributed by atoms with E-state index in [0.29, 0.717) is 19.1 Å². The highest BCUT2D eigenvalue weighted by Crippen LogP contribution is 2.25. The van der Waals surface area contributed by atoms with Gasteiger partial charge in [0.25, 0.3) is 0 Å². The summed E-state index contributed by atoms with van der Waals surface area (Å²) in [5, 5.41) is 4.19. The van der Waals surface area contributed by atoms with Crippen molar-refractivity contribution in [3.8, 4) is 5.75 Å². The molecule has 28 heavy (non-hydrogen) atoms. The SMILES string of the molecule is C=CCN(CCCCCC(C)c1cccc(OCCS)c1)C(C)=O.CC.NS. The molecule has 162 valence electrons. The van der Waals surface area contributed by atoms with E-state index in [1.54, 1.807) is 13.0 Å². The Morgan fingerprint density at radius 1 is 1.29 bits per heavy atom. The number of nitrogens with zero attached hydrogens (tertiary/aromatic N) is 1. The quantitative estimate of drug-likeness (QED) is 0.234. The van der Waals surface area contributed by atoms with Crippen LogP contribution in [0.5, 0.6) is 5.75 Å². The Balaban J connectivity index is 0. The number of hydrogen-bond acceptors (Lipinski definition) is 5. The van der Waals surface area contributed by atoms with E-state index in [-0.39, 0.29) is 5.91 Å². The van der Waals surface area contributed by atoms with Crippen LogP contribution in [0.25, 0.3) is 0 Å². The molecule has 1 aromatic carbocycles. The number of amides is 1. The molecular weight excluding hydrogens is 388 g/mol. The van der Waals surface area contributed by atoms with Gasteiger partial charge in [0, 0.05) is 25.8 Å². The van der Waals surface area contributed by atoms with E-state index >= 15 is 0 Å². The molecule has 2 N–H and O–H groups in total. The zero-order valence-corrected chi connectivity index (χ0v) is 19.9. The number of carbonyl (C=O) groups excluding carboxylic acids is 1. The van der Waals surface area contributed by atoms with Gasteiger partial charge in [0.2, 0.25) is 5.91 Å². The van der Waals surface area contributed by atoms with Crippen molar-refractivity contribution >= 4 is 31.4 Å². The topological polar surface area (TPSA) is 55.6 Å². The van der Waals surface area contributed by atoms with E-state index in [4.69, 9.17) is 4.74 Å². The van der Waals surface area contributed by atoms with Crippen LogP contribution in [-0.4, -0.2) is 36.3 Å². The van der Waals surface area contributed by atoms with Crippen LogP contribution in [0.1, 0.15) is 64.9 Å². The summed E-state index contributed by atoms with van der Waals surface area (Å²) in [5.74, 6) is 2.29. The standard InChI is InChI=1S/C20H31NO2S.C2H6.H3NS/c1-4-12-21(18(3)22)13-7-5-6-9-17(2)19-10-8-11-20(16-19)23-14-15-24;2*1-2/h4,8,10-11,16-17,24H,1,5-7,9,12-15H2,2-3H3;1-2H3;2H,1H2. The van der Waals surface area contributed by atoms with Crippen LogP contribution in [-0.2, 0) is 4.79 Å². The second-order valence-corrected chi connectivity index (χ2v) is 6.60. The van der Waals surface area contributed by atoms with E-state index in [0.717, 1.165) is 37.3 Å². The molecule has 1 unspecified atom stereocenters. The van der Waals surface area contributed by atoms with Gasteiger partial charge >= 0.3 is 0 Å². The van der Waals surface area contributed by atoms with Gasteiger partial charge in [0.05, 0.1) is 6.61 Å². The molecule has 6 heteroatoms. The third kappa shape index (κ3) is 14.0. The fourth-order valence-electron chi connectivity index (χ4n) is 2.70. The second-order valence-electron chi connectivity index (χ2n) is 6.15. The van der Waals surface area contributed by atoms with Gasteiger partial charge in [0.15, 0.2) is 0 Å². The Morgan fingerprint density at radius 3 is 2.54 bits per heavy atom. The second kappa shape index (κ2) is 20.6. The van der Waals surface area contributed by atoms with Gasteiger partial charge in [-0.25, -0.2) is 0 Å². The zero-order chi connectivity index (χ0) is 21.8. The average Bonchev–Trinajstić information content (AvgIpc) is 2.74. The van der Waals surface area contributed by atoms with Crippen LogP contribution >= 0.6 is 25.4 Å². The first-order chi connectivity index (χ1) is 13.6. The van der Waals surface area contributed by atoms with Gasteiger partial charge in [-0.15, -0.1) is 19.4 Å². The predicted molar refractivity (Wildman–Crippen MR) is 130 cm³/mol. The molecule has 1 aromatic rings. The minimum absolute atomic E-state index is 0.126. The van der Waals surface area contributed by atoms with Crippen molar-refractivity contribution in [2.24, 2.45) is 5.14 Å². The molecule has 0 spiro atoms. The molecule has 4 nitrogen and oxygen atoms in total. The van der Waals surface area contributed by atoms with E-state index in [2.05, 4.69) is 62.3 Å². The van der Waals surface area contributed by atoms with Crippen LogP contribution in [0.2, 0.25) is 0 Å². The Hall–Kier alpha value is -1.11. The van der Waals surface area contributed by atoms with Gasteiger partial charge in [0.1, 0.15) is 5.75 Å². The van der Waals surface area contributed by atoms with Gasteiger partial charge in [-0.2, -0.15) is 12.6 Å². The maximum Gasteiger partial charge on any atom is 0.219 e. The molecule has 0 fully saturated rings. The van der Waals surface area contributed by atoms with Gasteiger partial charge in [-0.3, -0.25) is 9.93 Å². The molecule has 0 heterocycles. The van der Waals surface area contributed by atoms with Crippen molar-refractivity contribution < 1.29 is 9.53 Å². The molecule has 0 aliphatic rings. The number of benzene rings is 1. The summed E-state index contributed by atoms with van der Waals surface area (Å²) in [6.07, 6.45) is 6.29. The van der Waals surface area contributed by atoms with Crippen molar-refractivity contribution in [1.82, 2.24) is 4.90 Å². The number of carbonyl (C=O) groups is 1. The summed E-state index contributed by atoms with van der Waals surface area (Å²) in [4.78, 5) is 13.3. The normalized spacial score (nSPS) is 10.5. The summed E-state index contributed by atoms with van der Waals surface area (Å²) in [7, 11) is 0. The highest BCUT2D eigenvalue weighted by atomic mass is 32.1. The van der Waals surface area contributed by atoms with Gasteiger partial charge in [-0.1, -0.05) is 51.8 Å². The van der Waals surface area contributed by atoms with Crippen LogP contribution < -0.4 is 9.88 Å². The summed E-state index contributed by atoms with van der Waals surface area (Å²) >= 11 is 7.20. The third-order valence-electron chi connectivity index (χ3n) is 4.15. The first kappa shape index (κ1) is 29.1. The van der Waals surface area contributed by atoms with Crippen molar-refractivity contribution in [3.63, 3.8) is 0 Å². The molecule has 0 saturated heterocycles. The maximum absolute atomic E-state index is 11.5. The van der Waals surface area contributed by atoms with Crippen LogP contribution in [0.15, 0.2) is 36.9 Å². The molecule has 1 amide bonds. The Kier molecular flexibility index (Phi) is 21.4. The molecule has 0 radical (unpaired) electrons. The van der Waals surface area contributed by atoms with Crippen LogP contribution in [0.4, 0.5) is 0 Å². The lowest BCUT2D eigenvalue weighted by Gasteiger charge is -2.19. The van der Waals surface area contributed by atoms with Gasteiger partial charge < -0.3 is 9.64 Å². The van der Waals surface area contributed by atoms with Crippen molar-refractivity contribution in [1.29, 1.82) is 0 Å². The number of rotatable bonds is 12. The monoisotopic (exact) mass is 428 g/mol. The molecular formula is C22H40N2O2S2. The average molecular weight is 429 g/mol. The molecule has 0 saturated carbocycles. The lowest BCUT2D eigenvalue weighted by Crippen LogP contribution is -2.29. The summed E-state index contributed by atoms with van der Waals surface area (Å²) in [6.45, 7) is 13.7. The molecule has 1 rings (SSSR count). The van der Waals surface area contributed by atoms with Crippen LogP contribution in [0.3, 0.4) is 0 Å². The Morgan fingerprint density at radius 2 is 1.96 bits per heavy atom. The fraction of sp³-hybridized carbons (Fsp3) is 0.591. The first-order valence-corrected chi connectivity index (χ1v) is 11.2. The van der Waals surface area contributed by atoms with E-state index in [1.165, 1.54) is 12.0 Å². The third-order valence-corrected chi connectivity index (χ3v) is 4.33. The summed E-state index contributed by atoms with van der Waals surface area (Å²) < 4.78 is 5.64. The smallest absolute Gasteiger partial charge is 0.219 e. The Bertz CT molecular complexity index is 513. The largest absolute Gasteiger partial charge is 0.493 e. The highest BCUT2D eigenvalue weighted by Gasteiger charge is 2.08.